The van der Waals surface area contributed by atoms with E-state index in [1.807, 2.05) is 16.8 Å². The van der Waals surface area contributed by atoms with Crippen LogP contribution in [0.15, 0.2) is 48.9 Å². The predicted molar refractivity (Wildman–Crippen MR) is 71.6 cm³/mol. The SMILES string of the molecule is Ic1ccc2c(ccn2-c2ncccn2)c1. The van der Waals surface area contributed by atoms with Gasteiger partial charge >= 0.3 is 0 Å². The third-order valence-electron chi connectivity index (χ3n) is 2.42. The summed E-state index contributed by atoms with van der Waals surface area (Å²) in [5.41, 5.74) is 1.13. The minimum Gasteiger partial charge on any atom is -0.285 e. The molecule has 3 aromatic rings. The zero-order chi connectivity index (χ0) is 11.0. The lowest BCUT2D eigenvalue weighted by Crippen LogP contribution is -1.97. The molecule has 1 aromatic carbocycles. The quantitative estimate of drug-likeness (QED) is 0.645. The highest BCUT2D eigenvalue weighted by Gasteiger charge is 2.04. The molecule has 78 valence electrons. The summed E-state index contributed by atoms with van der Waals surface area (Å²) < 4.78 is 3.22. The first-order chi connectivity index (χ1) is 7.84. The van der Waals surface area contributed by atoms with Gasteiger partial charge in [-0.1, -0.05) is 0 Å². The molecule has 0 amide bonds. The Labute approximate surface area is 106 Å². The molecule has 3 rings (SSSR count). The van der Waals surface area contributed by atoms with Crippen molar-refractivity contribution in [1.82, 2.24) is 14.5 Å². The van der Waals surface area contributed by atoms with Crippen LogP contribution in [0.2, 0.25) is 0 Å². The summed E-state index contributed by atoms with van der Waals surface area (Å²) in [7, 11) is 0. The molecule has 0 aliphatic rings. The summed E-state index contributed by atoms with van der Waals surface area (Å²) in [5, 5.41) is 1.21. The number of nitrogens with zero attached hydrogens (tertiary/aromatic N) is 3. The number of hydrogen-bond acceptors (Lipinski definition) is 2. The number of rotatable bonds is 1. The lowest BCUT2D eigenvalue weighted by atomic mass is 10.2. The molecule has 3 nitrogen and oxygen atoms in total. The van der Waals surface area contributed by atoms with Crippen molar-refractivity contribution >= 4 is 33.5 Å². The van der Waals surface area contributed by atoms with Gasteiger partial charge < -0.3 is 0 Å². The maximum atomic E-state index is 4.24. The number of halogens is 1. The number of hydrogen-bond donors (Lipinski definition) is 0. The molecule has 0 aliphatic carbocycles. The third kappa shape index (κ3) is 1.59. The molecule has 16 heavy (non-hydrogen) atoms. The van der Waals surface area contributed by atoms with Gasteiger partial charge in [-0.05, 0) is 52.9 Å². The molecule has 4 heteroatoms. The maximum Gasteiger partial charge on any atom is 0.234 e. The molecule has 0 aliphatic heterocycles. The maximum absolute atomic E-state index is 4.24. The molecule has 2 heterocycles. The van der Waals surface area contributed by atoms with E-state index in [0.717, 1.165) is 5.52 Å². The molecular formula is C12H8IN3. The van der Waals surface area contributed by atoms with Gasteiger partial charge in [0.1, 0.15) is 0 Å². The number of benzene rings is 1. The van der Waals surface area contributed by atoms with Gasteiger partial charge in [0.15, 0.2) is 0 Å². The van der Waals surface area contributed by atoms with Crippen LogP contribution in [0.1, 0.15) is 0 Å². The van der Waals surface area contributed by atoms with Crippen LogP contribution in [0.4, 0.5) is 0 Å². The van der Waals surface area contributed by atoms with Crippen molar-refractivity contribution in [3.63, 3.8) is 0 Å². The van der Waals surface area contributed by atoms with Crippen LogP contribution in [-0.4, -0.2) is 14.5 Å². The van der Waals surface area contributed by atoms with E-state index in [-0.39, 0.29) is 0 Å². The Kier molecular flexibility index (Phi) is 2.36. The minimum absolute atomic E-state index is 0.707. The minimum atomic E-state index is 0.707. The topological polar surface area (TPSA) is 30.7 Å². The molecular weight excluding hydrogens is 313 g/mol. The van der Waals surface area contributed by atoms with Crippen LogP contribution >= 0.6 is 22.6 Å². The Morgan fingerprint density at radius 3 is 2.69 bits per heavy atom. The fourth-order valence-corrected chi connectivity index (χ4v) is 2.22. The van der Waals surface area contributed by atoms with Crippen LogP contribution in [-0.2, 0) is 0 Å². The van der Waals surface area contributed by atoms with Gasteiger partial charge in [0.25, 0.3) is 0 Å². The smallest absolute Gasteiger partial charge is 0.234 e. The van der Waals surface area contributed by atoms with Crippen LogP contribution in [0.3, 0.4) is 0 Å². The highest BCUT2D eigenvalue weighted by molar-refractivity contribution is 14.1. The lowest BCUT2D eigenvalue weighted by Gasteiger charge is -2.02. The monoisotopic (exact) mass is 321 g/mol. The molecule has 0 N–H and O–H groups in total. The van der Waals surface area contributed by atoms with E-state index < -0.39 is 0 Å². The van der Waals surface area contributed by atoms with Crippen molar-refractivity contribution in [3.05, 3.63) is 52.5 Å². The third-order valence-corrected chi connectivity index (χ3v) is 3.09. The van der Waals surface area contributed by atoms with Crippen molar-refractivity contribution in [1.29, 1.82) is 0 Å². The Morgan fingerprint density at radius 1 is 1.06 bits per heavy atom. The summed E-state index contributed by atoms with van der Waals surface area (Å²) in [6.45, 7) is 0. The Hall–Kier alpha value is -1.43. The highest BCUT2D eigenvalue weighted by Crippen LogP contribution is 2.20. The Morgan fingerprint density at radius 2 is 1.88 bits per heavy atom. The normalized spacial score (nSPS) is 10.8. The summed E-state index contributed by atoms with van der Waals surface area (Å²) in [6, 6.07) is 10.2. The van der Waals surface area contributed by atoms with E-state index >= 15 is 0 Å². The summed E-state index contributed by atoms with van der Waals surface area (Å²) in [4.78, 5) is 8.49. The molecule has 0 atom stereocenters. The van der Waals surface area contributed by atoms with Crippen molar-refractivity contribution in [3.8, 4) is 5.95 Å². The first-order valence-corrected chi connectivity index (χ1v) is 5.96. The lowest BCUT2D eigenvalue weighted by molar-refractivity contribution is 0.962. The van der Waals surface area contributed by atoms with Gasteiger partial charge in [-0.3, -0.25) is 4.57 Å². The Bertz CT molecular complexity index is 631. The van der Waals surface area contributed by atoms with Crippen molar-refractivity contribution < 1.29 is 0 Å². The molecule has 0 saturated carbocycles. The van der Waals surface area contributed by atoms with Crippen LogP contribution in [0.25, 0.3) is 16.9 Å². The second-order valence-corrected chi connectivity index (χ2v) is 4.68. The van der Waals surface area contributed by atoms with E-state index in [0.29, 0.717) is 5.95 Å². The van der Waals surface area contributed by atoms with Gasteiger partial charge in [0, 0.05) is 27.5 Å². The standard InChI is InChI=1S/C12H8IN3/c13-10-2-3-11-9(8-10)4-7-16(11)12-14-5-1-6-15-12/h1-8H. The average molecular weight is 321 g/mol. The fraction of sp³-hybridized carbons (Fsp3) is 0. The molecule has 0 bridgehead atoms. The zero-order valence-corrected chi connectivity index (χ0v) is 10.5. The van der Waals surface area contributed by atoms with E-state index in [4.69, 9.17) is 0 Å². The average Bonchev–Trinajstić information content (AvgIpc) is 2.73. The largest absolute Gasteiger partial charge is 0.285 e. The zero-order valence-electron chi connectivity index (χ0n) is 8.34. The first kappa shape index (κ1) is 9.77. The number of fused-ring (bicyclic) bond motifs is 1. The van der Waals surface area contributed by atoms with E-state index in [1.165, 1.54) is 8.96 Å². The van der Waals surface area contributed by atoms with E-state index in [1.54, 1.807) is 12.4 Å². The molecule has 0 fully saturated rings. The second-order valence-electron chi connectivity index (χ2n) is 3.44. The molecule has 2 aromatic heterocycles. The van der Waals surface area contributed by atoms with Gasteiger partial charge in [-0.25, -0.2) is 9.97 Å². The van der Waals surface area contributed by atoms with E-state index in [2.05, 4.69) is 56.8 Å². The van der Waals surface area contributed by atoms with Crippen molar-refractivity contribution in [2.45, 2.75) is 0 Å². The Balaban J connectivity index is 2.26. The van der Waals surface area contributed by atoms with Crippen LogP contribution in [0, 0.1) is 3.57 Å². The van der Waals surface area contributed by atoms with Gasteiger partial charge in [-0.15, -0.1) is 0 Å². The molecule has 0 spiro atoms. The number of aromatic nitrogens is 3. The van der Waals surface area contributed by atoms with Gasteiger partial charge in [-0.2, -0.15) is 0 Å². The van der Waals surface area contributed by atoms with E-state index in [9.17, 15) is 0 Å². The predicted octanol–water partition coefficient (Wildman–Crippen LogP) is 3.03. The highest BCUT2D eigenvalue weighted by atomic mass is 127. The molecule has 0 unspecified atom stereocenters. The first-order valence-electron chi connectivity index (χ1n) is 4.88. The van der Waals surface area contributed by atoms with Crippen molar-refractivity contribution in [2.24, 2.45) is 0 Å². The fourth-order valence-electron chi connectivity index (χ4n) is 1.70. The molecule has 0 saturated heterocycles. The molecule has 0 radical (unpaired) electrons. The second kappa shape index (κ2) is 3.86. The van der Waals surface area contributed by atoms with Crippen molar-refractivity contribution in [2.75, 3.05) is 0 Å². The summed E-state index contributed by atoms with van der Waals surface area (Å²) in [6.07, 6.45) is 5.50. The van der Waals surface area contributed by atoms with Crippen LogP contribution < -0.4 is 0 Å². The van der Waals surface area contributed by atoms with Gasteiger partial charge in [0.2, 0.25) is 5.95 Å². The summed E-state index contributed by atoms with van der Waals surface area (Å²) >= 11 is 2.31. The van der Waals surface area contributed by atoms with Gasteiger partial charge in [0.05, 0.1) is 5.52 Å². The summed E-state index contributed by atoms with van der Waals surface area (Å²) in [5.74, 6) is 0.707. The van der Waals surface area contributed by atoms with Crippen LogP contribution in [0.5, 0.6) is 0 Å².